The molecule has 0 aromatic heterocycles. The Labute approximate surface area is 693 Å². The number of para-hydroxylation sites is 12. The molecule has 0 saturated heterocycles. The number of nitrogens with zero attached hydrogens (tertiary/aromatic N) is 7. The minimum atomic E-state index is -0.381. The summed E-state index contributed by atoms with van der Waals surface area (Å²) >= 11 is 0. The highest BCUT2D eigenvalue weighted by molar-refractivity contribution is 7.05. The molecule has 0 spiro atoms. The van der Waals surface area contributed by atoms with Crippen LogP contribution in [0.25, 0.3) is 22.3 Å². The van der Waals surface area contributed by atoms with Crippen LogP contribution in [0.5, 0.6) is 11.5 Å². The van der Waals surface area contributed by atoms with E-state index >= 15 is 0 Å². The van der Waals surface area contributed by atoms with Crippen molar-refractivity contribution in [1.29, 1.82) is 0 Å². The average Bonchev–Trinajstić information content (AvgIpc) is 0.672. The first kappa shape index (κ1) is 68.0. The molecule has 0 unspecified atom stereocenters. The Hall–Kier alpha value is -15.4. The lowest BCUT2D eigenvalue weighted by atomic mass is 9.29. The molecule has 6 heterocycles. The average molecular weight is 1520 g/mol. The van der Waals surface area contributed by atoms with Crippen molar-refractivity contribution in [2.45, 2.75) is 0 Å². The summed E-state index contributed by atoms with van der Waals surface area (Å²) in [7, 11) is 0. The van der Waals surface area contributed by atoms with Crippen LogP contribution < -0.4 is 88.2 Å². The van der Waals surface area contributed by atoms with Crippen LogP contribution in [0.15, 0.2) is 437 Å². The van der Waals surface area contributed by atoms with Crippen LogP contribution in [0, 0.1) is 0 Å². The summed E-state index contributed by atoms with van der Waals surface area (Å²) in [5, 5.41) is 0. The summed E-state index contributed by atoms with van der Waals surface area (Å²) in [5.41, 5.74) is 37.1. The van der Waals surface area contributed by atoms with E-state index in [1.54, 1.807) is 0 Å². The Kier molecular flexibility index (Phi) is 15.8. The van der Waals surface area contributed by atoms with Crippen LogP contribution in [0.2, 0.25) is 0 Å². The van der Waals surface area contributed by atoms with Gasteiger partial charge in [0.25, 0.3) is 20.1 Å². The highest BCUT2D eigenvalue weighted by Crippen LogP contribution is 2.57. The lowest BCUT2D eigenvalue weighted by Crippen LogP contribution is -2.67. The van der Waals surface area contributed by atoms with Gasteiger partial charge in [0.05, 0.1) is 17.1 Å². The molecule has 0 saturated carbocycles. The summed E-state index contributed by atoms with van der Waals surface area (Å²) in [6, 6.07) is 162. The SMILES string of the molecule is c1ccc(-c2cccc(-c3ccccc3)c2N2c3cc(N(c4ccccc4)c4ccccc4)cc4c3B(c3ccccc3N4c3ccccc3)c3c2cc2c4c3Oc3ccccc3B4c3cc4c(cc3N2c2ccccc2)N(c2ccccc2)c2cc(N(c3ccccc3)c3ccccc3)cc3c2B4c2ccccc2N3c2ccccc2)cc1. The van der Waals surface area contributed by atoms with Gasteiger partial charge in [-0.05, 0) is 212 Å². The minimum absolute atomic E-state index is 0.236. The van der Waals surface area contributed by atoms with Gasteiger partial charge < -0.3 is 39.0 Å². The van der Waals surface area contributed by atoms with Gasteiger partial charge in [0, 0.05) is 113 Å². The van der Waals surface area contributed by atoms with E-state index in [1.165, 1.54) is 32.8 Å². The van der Waals surface area contributed by atoms with Crippen LogP contribution in [0.1, 0.15) is 0 Å². The van der Waals surface area contributed by atoms with E-state index in [9.17, 15) is 0 Å². The second kappa shape index (κ2) is 27.7. The van der Waals surface area contributed by atoms with Gasteiger partial charge in [0.2, 0.25) is 0 Å². The first-order valence-corrected chi connectivity index (χ1v) is 41.1. The zero-order valence-corrected chi connectivity index (χ0v) is 64.8. The molecular formula is C108H72B3N7O. The van der Waals surface area contributed by atoms with Gasteiger partial charge in [0.15, 0.2) is 0 Å². The Morgan fingerprint density at radius 3 is 0.908 bits per heavy atom. The van der Waals surface area contributed by atoms with Crippen LogP contribution in [-0.2, 0) is 0 Å². The minimum Gasteiger partial charge on any atom is -0.459 e. The Bertz CT molecular complexity index is 6870. The molecule has 554 valence electrons. The Morgan fingerprint density at radius 2 is 0.487 bits per heavy atom. The van der Waals surface area contributed by atoms with E-state index in [4.69, 9.17) is 4.74 Å². The highest BCUT2D eigenvalue weighted by atomic mass is 16.5. The lowest BCUT2D eigenvalue weighted by Gasteiger charge is -2.49. The number of ether oxygens (including phenoxy) is 1. The van der Waals surface area contributed by atoms with Gasteiger partial charge in [-0.1, -0.05) is 285 Å². The molecule has 0 bridgehead atoms. The van der Waals surface area contributed by atoms with E-state index < -0.39 is 0 Å². The topological polar surface area (TPSA) is 31.9 Å². The molecule has 0 amide bonds. The maximum atomic E-state index is 8.25. The molecule has 6 aliphatic rings. The second-order valence-corrected chi connectivity index (χ2v) is 31.4. The van der Waals surface area contributed by atoms with Crippen LogP contribution in [0.4, 0.5) is 119 Å². The van der Waals surface area contributed by atoms with Crippen molar-refractivity contribution < 1.29 is 4.74 Å². The highest BCUT2D eigenvalue weighted by Gasteiger charge is 2.53. The summed E-state index contributed by atoms with van der Waals surface area (Å²) in [4.78, 5) is 17.8. The summed E-state index contributed by atoms with van der Waals surface area (Å²) in [6.07, 6.45) is 0. The third-order valence-electron chi connectivity index (χ3n) is 24.9. The molecule has 0 N–H and O–H groups in total. The van der Waals surface area contributed by atoms with E-state index in [-0.39, 0.29) is 20.1 Å². The molecule has 0 fully saturated rings. The number of benzene rings is 18. The van der Waals surface area contributed by atoms with Crippen molar-refractivity contribution in [3.05, 3.63) is 437 Å². The molecule has 18 aromatic carbocycles. The van der Waals surface area contributed by atoms with Crippen molar-refractivity contribution in [3.8, 4) is 33.8 Å². The monoisotopic (exact) mass is 1520 g/mol. The summed E-state index contributed by atoms with van der Waals surface area (Å²) in [5.74, 6) is 1.68. The molecule has 11 heteroatoms. The zero-order chi connectivity index (χ0) is 78.2. The van der Waals surface area contributed by atoms with Gasteiger partial charge in [-0.3, -0.25) is 0 Å². The van der Waals surface area contributed by atoms with Crippen LogP contribution >= 0.6 is 0 Å². The predicted molar refractivity (Wildman–Crippen MR) is 501 cm³/mol. The largest absolute Gasteiger partial charge is 0.459 e. The smallest absolute Gasteiger partial charge is 0.256 e. The van der Waals surface area contributed by atoms with Crippen molar-refractivity contribution in [2.75, 3.05) is 34.3 Å². The molecule has 18 aromatic rings. The van der Waals surface area contributed by atoms with E-state index in [2.05, 4.69) is 471 Å². The van der Waals surface area contributed by atoms with Gasteiger partial charge in [0.1, 0.15) is 11.5 Å². The van der Waals surface area contributed by atoms with Gasteiger partial charge in [-0.15, -0.1) is 0 Å². The van der Waals surface area contributed by atoms with E-state index in [0.29, 0.717) is 0 Å². The van der Waals surface area contributed by atoms with Crippen molar-refractivity contribution in [3.63, 3.8) is 0 Å². The zero-order valence-electron chi connectivity index (χ0n) is 64.8. The second-order valence-electron chi connectivity index (χ2n) is 31.4. The fraction of sp³-hybridized carbons (Fsp3) is 0. The van der Waals surface area contributed by atoms with Crippen molar-refractivity contribution in [2.24, 2.45) is 0 Å². The third-order valence-corrected chi connectivity index (χ3v) is 24.9. The van der Waals surface area contributed by atoms with E-state index in [1.807, 2.05) is 0 Å². The molecular weight excluding hydrogens is 1440 g/mol. The number of hydrogen-bond donors (Lipinski definition) is 0. The Morgan fingerprint density at radius 1 is 0.193 bits per heavy atom. The molecule has 0 atom stereocenters. The van der Waals surface area contributed by atoms with Gasteiger partial charge in [-0.25, -0.2) is 0 Å². The predicted octanol–water partition coefficient (Wildman–Crippen LogP) is 22.5. The third kappa shape index (κ3) is 10.7. The maximum absolute atomic E-state index is 8.25. The lowest BCUT2D eigenvalue weighted by molar-refractivity contribution is 0.491. The normalized spacial score (nSPS) is 13.1. The summed E-state index contributed by atoms with van der Waals surface area (Å²) in [6.45, 7) is -0.957. The first-order chi connectivity index (χ1) is 59.1. The summed E-state index contributed by atoms with van der Waals surface area (Å²) < 4.78 is 8.25. The fourth-order valence-corrected chi connectivity index (χ4v) is 20.2. The molecule has 119 heavy (non-hydrogen) atoms. The number of rotatable bonds is 13. The molecule has 8 nitrogen and oxygen atoms in total. The maximum Gasteiger partial charge on any atom is 0.256 e. The standard InChI is InChI=1S/C108H72B3N7O/c1-11-38-73(39-12-1)85-58-37-59-86(74-40-13-2-14-41-74)107(85)118-99-69-84(113(77-46-19-5-20-47-77)78-48-21-6-22-49-78)68-98-104(99)111(88-61-32-35-64-93(88)115(98)80-52-25-8-26-53-80)106-101(118)72-100-105-108(106)119-102-65-36-33-62-89(102)110(105)91-70-90-94(71-95(91)117(100)82-56-29-10-30-57-82)116(81-54-27-9-28-55-81)97-67-83(112(75-42-15-3-16-43-75)76-44-17-4-18-45-76)66-96-103(97)109(90)87-60-31-34-63-92(87)114(96)79-50-23-7-24-51-79/h1-72H. The number of hydrogen-bond acceptors (Lipinski definition) is 8. The van der Waals surface area contributed by atoms with E-state index in [0.717, 1.165) is 170 Å². The Balaban J connectivity index is 0.841. The van der Waals surface area contributed by atoms with Gasteiger partial charge >= 0.3 is 0 Å². The fourth-order valence-electron chi connectivity index (χ4n) is 20.2. The number of anilines is 21. The first-order valence-electron chi connectivity index (χ1n) is 41.1. The number of fused-ring (bicyclic) bond motifs is 13. The van der Waals surface area contributed by atoms with Gasteiger partial charge in [-0.2, -0.15) is 0 Å². The molecule has 6 aliphatic heterocycles. The molecule has 24 rings (SSSR count). The molecule has 0 radical (unpaired) electrons. The quantitative estimate of drug-likeness (QED) is 0.106. The van der Waals surface area contributed by atoms with Crippen LogP contribution in [0.3, 0.4) is 0 Å². The van der Waals surface area contributed by atoms with Crippen molar-refractivity contribution in [1.82, 2.24) is 0 Å². The van der Waals surface area contributed by atoms with Crippen LogP contribution in [-0.4, -0.2) is 20.1 Å². The van der Waals surface area contributed by atoms with Crippen molar-refractivity contribution >= 4 is 189 Å². The molecule has 0 aliphatic carbocycles.